The zero-order chi connectivity index (χ0) is 9.52. The minimum Gasteiger partial charge on any atom is -0.384 e. The van der Waals surface area contributed by atoms with Crippen molar-refractivity contribution in [2.45, 2.75) is 6.92 Å². The average Bonchev–Trinajstić information content (AvgIpc) is 2.13. The number of aryl methyl sites for hydroxylation is 1. The van der Waals surface area contributed by atoms with Gasteiger partial charge in [-0.2, -0.15) is 0 Å². The number of aromatic nitrogens is 2. The Morgan fingerprint density at radius 1 is 1.54 bits per heavy atom. The molecule has 0 aliphatic heterocycles. The standard InChI is InChI=1S/C9H11N3O/c1-8-10-6-4-9(12-8)11-5-2-3-7-13/h4,6,13H,5,7H2,1H3,(H,10,11,12). The van der Waals surface area contributed by atoms with E-state index in [1.54, 1.807) is 12.3 Å². The Balaban J connectivity index is 2.45. The summed E-state index contributed by atoms with van der Waals surface area (Å²) < 4.78 is 0. The molecule has 0 bridgehead atoms. The van der Waals surface area contributed by atoms with Crippen LogP contribution in [-0.4, -0.2) is 28.2 Å². The SMILES string of the molecule is Cc1nccc(NCC#CCO)n1. The molecule has 1 rings (SSSR count). The van der Waals surface area contributed by atoms with Crippen molar-refractivity contribution in [2.24, 2.45) is 0 Å². The van der Waals surface area contributed by atoms with Crippen molar-refractivity contribution in [3.05, 3.63) is 18.1 Å². The average molecular weight is 177 g/mol. The first-order valence-electron chi connectivity index (χ1n) is 3.93. The number of nitrogens with zero attached hydrogens (tertiary/aromatic N) is 2. The molecule has 68 valence electrons. The number of hydrogen-bond acceptors (Lipinski definition) is 4. The second-order valence-electron chi connectivity index (χ2n) is 2.35. The van der Waals surface area contributed by atoms with Crippen molar-refractivity contribution in [3.8, 4) is 11.8 Å². The van der Waals surface area contributed by atoms with Crippen LogP contribution in [-0.2, 0) is 0 Å². The first kappa shape index (κ1) is 9.49. The molecule has 1 aromatic rings. The molecule has 0 amide bonds. The molecule has 0 saturated heterocycles. The van der Waals surface area contributed by atoms with Crippen LogP contribution in [0.5, 0.6) is 0 Å². The van der Waals surface area contributed by atoms with Gasteiger partial charge < -0.3 is 10.4 Å². The summed E-state index contributed by atoms with van der Waals surface area (Å²) in [7, 11) is 0. The van der Waals surface area contributed by atoms with Crippen molar-refractivity contribution in [2.75, 3.05) is 18.5 Å². The highest BCUT2D eigenvalue weighted by atomic mass is 16.2. The van der Waals surface area contributed by atoms with Crippen molar-refractivity contribution in [3.63, 3.8) is 0 Å². The quantitative estimate of drug-likeness (QED) is 0.633. The Morgan fingerprint density at radius 2 is 2.38 bits per heavy atom. The molecule has 0 aliphatic rings. The number of nitrogens with one attached hydrogen (secondary N) is 1. The van der Waals surface area contributed by atoms with E-state index in [0.717, 1.165) is 11.6 Å². The third kappa shape index (κ3) is 3.54. The zero-order valence-corrected chi connectivity index (χ0v) is 7.41. The maximum atomic E-state index is 8.38. The summed E-state index contributed by atoms with van der Waals surface area (Å²) >= 11 is 0. The van der Waals surface area contributed by atoms with Crippen LogP contribution in [0.25, 0.3) is 0 Å². The van der Waals surface area contributed by atoms with Crippen LogP contribution in [0.1, 0.15) is 5.82 Å². The van der Waals surface area contributed by atoms with E-state index in [-0.39, 0.29) is 6.61 Å². The summed E-state index contributed by atoms with van der Waals surface area (Å²) in [5, 5.41) is 11.4. The second-order valence-corrected chi connectivity index (χ2v) is 2.35. The van der Waals surface area contributed by atoms with Crippen molar-refractivity contribution in [1.29, 1.82) is 0 Å². The Kier molecular flexibility index (Phi) is 3.74. The molecule has 0 fully saturated rings. The lowest BCUT2D eigenvalue weighted by Gasteiger charge is -2.00. The molecule has 1 aromatic heterocycles. The minimum atomic E-state index is -0.107. The van der Waals surface area contributed by atoms with Crippen LogP contribution >= 0.6 is 0 Å². The van der Waals surface area contributed by atoms with Gasteiger partial charge in [0.15, 0.2) is 0 Å². The van der Waals surface area contributed by atoms with Gasteiger partial charge >= 0.3 is 0 Å². The molecule has 4 nitrogen and oxygen atoms in total. The fraction of sp³-hybridized carbons (Fsp3) is 0.333. The maximum absolute atomic E-state index is 8.38. The Hall–Kier alpha value is -1.60. The molecule has 0 aliphatic carbocycles. The molecule has 0 saturated carbocycles. The fourth-order valence-corrected chi connectivity index (χ4v) is 0.808. The van der Waals surface area contributed by atoms with Crippen LogP contribution in [0, 0.1) is 18.8 Å². The van der Waals surface area contributed by atoms with E-state index in [1.807, 2.05) is 6.92 Å². The molecule has 0 aromatic carbocycles. The molecule has 0 spiro atoms. The third-order valence-corrected chi connectivity index (χ3v) is 1.34. The maximum Gasteiger partial charge on any atom is 0.130 e. The van der Waals surface area contributed by atoms with Gasteiger partial charge in [-0.25, -0.2) is 9.97 Å². The van der Waals surface area contributed by atoms with E-state index < -0.39 is 0 Å². The van der Waals surface area contributed by atoms with Gasteiger partial charge in [0.1, 0.15) is 18.2 Å². The van der Waals surface area contributed by atoms with E-state index in [4.69, 9.17) is 5.11 Å². The van der Waals surface area contributed by atoms with E-state index in [0.29, 0.717) is 6.54 Å². The zero-order valence-electron chi connectivity index (χ0n) is 7.41. The first-order valence-corrected chi connectivity index (χ1v) is 3.93. The summed E-state index contributed by atoms with van der Waals surface area (Å²) in [4.78, 5) is 8.08. The highest BCUT2D eigenvalue weighted by Gasteiger charge is 1.90. The van der Waals surface area contributed by atoms with Crippen molar-refractivity contribution in [1.82, 2.24) is 9.97 Å². The lowest BCUT2D eigenvalue weighted by Crippen LogP contribution is -2.02. The summed E-state index contributed by atoms with van der Waals surface area (Å²) in [5.74, 6) is 6.74. The van der Waals surface area contributed by atoms with E-state index >= 15 is 0 Å². The molecular formula is C9H11N3O. The normalized spacial score (nSPS) is 8.77. The molecule has 13 heavy (non-hydrogen) atoms. The Morgan fingerprint density at radius 3 is 3.08 bits per heavy atom. The minimum absolute atomic E-state index is 0.107. The summed E-state index contributed by atoms with van der Waals surface area (Å²) in [6, 6.07) is 1.77. The Labute approximate surface area is 77.0 Å². The van der Waals surface area contributed by atoms with E-state index in [1.165, 1.54) is 0 Å². The topological polar surface area (TPSA) is 58.0 Å². The van der Waals surface area contributed by atoms with Gasteiger partial charge in [0, 0.05) is 6.20 Å². The van der Waals surface area contributed by atoms with Gasteiger partial charge in [0.2, 0.25) is 0 Å². The van der Waals surface area contributed by atoms with Gasteiger partial charge in [0.25, 0.3) is 0 Å². The van der Waals surface area contributed by atoms with Crippen LogP contribution in [0.15, 0.2) is 12.3 Å². The largest absolute Gasteiger partial charge is 0.384 e. The summed E-state index contributed by atoms with van der Waals surface area (Å²) in [5.41, 5.74) is 0. The van der Waals surface area contributed by atoms with Crippen LogP contribution < -0.4 is 5.32 Å². The summed E-state index contributed by atoms with van der Waals surface area (Å²) in [6.45, 7) is 2.20. The number of anilines is 1. The third-order valence-electron chi connectivity index (χ3n) is 1.34. The van der Waals surface area contributed by atoms with E-state index in [9.17, 15) is 0 Å². The van der Waals surface area contributed by atoms with Crippen LogP contribution in [0.3, 0.4) is 0 Å². The van der Waals surface area contributed by atoms with Gasteiger partial charge in [-0.1, -0.05) is 11.8 Å². The van der Waals surface area contributed by atoms with Crippen LogP contribution in [0.2, 0.25) is 0 Å². The predicted octanol–water partition coefficient (Wildman–Crippen LogP) is 0.193. The lowest BCUT2D eigenvalue weighted by atomic mass is 10.5. The molecule has 1 heterocycles. The highest BCUT2D eigenvalue weighted by Crippen LogP contribution is 1.99. The van der Waals surface area contributed by atoms with Crippen LogP contribution in [0.4, 0.5) is 5.82 Å². The molecule has 0 unspecified atom stereocenters. The van der Waals surface area contributed by atoms with Gasteiger partial charge in [-0.15, -0.1) is 0 Å². The van der Waals surface area contributed by atoms with Gasteiger partial charge in [-0.05, 0) is 13.0 Å². The number of rotatable bonds is 2. The predicted molar refractivity (Wildman–Crippen MR) is 50.1 cm³/mol. The highest BCUT2D eigenvalue weighted by molar-refractivity contribution is 5.34. The van der Waals surface area contributed by atoms with E-state index in [2.05, 4.69) is 27.1 Å². The van der Waals surface area contributed by atoms with Crippen molar-refractivity contribution >= 4 is 5.82 Å². The fourth-order valence-electron chi connectivity index (χ4n) is 0.808. The lowest BCUT2D eigenvalue weighted by molar-refractivity contribution is 0.350. The first-order chi connectivity index (χ1) is 6.33. The second kappa shape index (κ2) is 5.12. The smallest absolute Gasteiger partial charge is 0.130 e. The molecule has 0 atom stereocenters. The molecular weight excluding hydrogens is 166 g/mol. The van der Waals surface area contributed by atoms with Gasteiger partial charge in [-0.3, -0.25) is 0 Å². The molecule has 4 heteroatoms. The van der Waals surface area contributed by atoms with Gasteiger partial charge in [0.05, 0.1) is 6.54 Å². The monoisotopic (exact) mass is 177 g/mol. The summed E-state index contributed by atoms with van der Waals surface area (Å²) in [6.07, 6.45) is 1.68. The Bertz CT molecular complexity index is 327. The molecule has 0 radical (unpaired) electrons. The molecule has 2 N–H and O–H groups in total. The number of aliphatic hydroxyl groups excluding tert-OH is 1. The van der Waals surface area contributed by atoms with Crippen molar-refractivity contribution < 1.29 is 5.11 Å². The number of aliphatic hydroxyl groups is 1. The number of hydrogen-bond donors (Lipinski definition) is 2.